The molecular weight excluding hydrogens is 200 g/mol. The molecule has 0 aliphatic rings. The highest BCUT2D eigenvalue weighted by Crippen LogP contribution is 2.26. The van der Waals surface area contributed by atoms with Crippen LogP contribution < -0.4 is 10.5 Å². The van der Waals surface area contributed by atoms with Gasteiger partial charge >= 0.3 is 0 Å². The Morgan fingerprint density at radius 3 is 2.50 bits per heavy atom. The topological polar surface area (TPSA) is 48.1 Å². The molecule has 0 amide bonds. The number of pyridine rings is 1. The largest absolute Gasteiger partial charge is 0.437 e. The molecule has 2 aromatic rings. The summed E-state index contributed by atoms with van der Waals surface area (Å²) in [6, 6.07) is 9.46. The van der Waals surface area contributed by atoms with E-state index in [1.54, 1.807) is 6.20 Å². The molecule has 82 valence electrons. The highest BCUT2D eigenvalue weighted by Gasteiger charge is 2.02. The Morgan fingerprint density at radius 2 is 1.81 bits per heavy atom. The fourth-order valence-electron chi connectivity index (χ4n) is 1.36. The first kappa shape index (κ1) is 10.5. The Kier molecular flexibility index (Phi) is 2.77. The first-order chi connectivity index (χ1) is 7.65. The van der Waals surface area contributed by atoms with Crippen LogP contribution in [0.5, 0.6) is 11.6 Å². The summed E-state index contributed by atoms with van der Waals surface area (Å²) in [4.78, 5) is 4.17. The number of ether oxygens (including phenoxy) is 1. The lowest BCUT2D eigenvalue weighted by Crippen LogP contribution is -1.94. The Morgan fingerprint density at radius 1 is 1.06 bits per heavy atom. The smallest absolute Gasteiger partial charge is 0.219 e. The van der Waals surface area contributed by atoms with Crippen LogP contribution in [-0.4, -0.2) is 4.98 Å². The van der Waals surface area contributed by atoms with E-state index in [2.05, 4.69) is 4.98 Å². The zero-order chi connectivity index (χ0) is 11.5. The number of rotatable bonds is 2. The monoisotopic (exact) mass is 214 g/mol. The second kappa shape index (κ2) is 4.23. The van der Waals surface area contributed by atoms with Crippen LogP contribution in [0.1, 0.15) is 11.1 Å². The summed E-state index contributed by atoms with van der Waals surface area (Å²) in [6.07, 6.45) is 1.77. The molecule has 16 heavy (non-hydrogen) atoms. The summed E-state index contributed by atoms with van der Waals surface area (Å²) in [7, 11) is 0. The van der Waals surface area contributed by atoms with Gasteiger partial charge in [0.05, 0.1) is 5.69 Å². The summed E-state index contributed by atoms with van der Waals surface area (Å²) in [5, 5.41) is 0. The molecule has 0 spiro atoms. The number of nitrogens with zero attached hydrogens (tertiary/aromatic N) is 1. The van der Waals surface area contributed by atoms with Crippen molar-refractivity contribution in [3.8, 4) is 11.6 Å². The number of hydrogen-bond acceptors (Lipinski definition) is 3. The van der Waals surface area contributed by atoms with Gasteiger partial charge in [-0.05, 0) is 37.1 Å². The third-order valence-electron chi connectivity index (χ3n) is 2.27. The molecule has 3 nitrogen and oxygen atoms in total. The highest BCUT2D eigenvalue weighted by atomic mass is 16.5. The normalized spacial score (nSPS) is 10.1. The Labute approximate surface area is 94.9 Å². The van der Waals surface area contributed by atoms with Gasteiger partial charge in [0.1, 0.15) is 0 Å². The number of nitrogen functional groups attached to an aromatic ring is 1. The van der Waals surface area contributed by atoms with E-state index in [1.165, 1.54) is 0 Å². The van der Waals surface area contributed by atoms with E-state index in [-0.39, 0.29) is 0 Å². The highest BCUT2D eigenvalue weighted by molar-refractivity contribution is 5.54. The molecule has 0 atom stereocenters. The van der Waals surface area contributed by atoms with Crippen LogP contribution in [0.3, 0.4) is 0 Å². The standard InChI is InChI=1S/C13H14N2O/c1-9-3-5-11(14)12(7-9)16-13-6-4-10(2)8-15-13/h3-8H,14H2,1-2H3. The van der Waals surface area contributed by atoms with Crippen LogP contribution in [0.25, 0.3) is 0 Å². The lowest BCUT2D eigenvalue weighted by Gasteiger charge is -2.08. The average molecular weight is 214 g/mol. The van der Waals surface area contributed by atoms with E-state index in [1.807, 2.05) is 44.2 Å². The van der Waals surface area contributed by atoms with E-state index in [0.717, 1.165) is 11.1 Å². The predicted molar refractivity (Wildman–Crippen MR) is 64.6 cm³/mol. The van der Waals surface area contributed by atoms with Crippen LogP contribution >= 0.6 is 0 Å². The lowest BCUT2D eigenvalue weighted by molar-refractivity contribution is 0.464. The molecule has 0 unspecified atom stereocenters. The van der Waals surface area contributed by atoms with Crippen molar-refractivity contribution in [1.29, 1.82) is 0 Å². The van der Waals surface area contributed by atoms with Crippen LogP contribution in [0.4, 0.5) is 5.69 Å². The minimum atomic E-state index is 0.558. The van der Waals surface area contributed by atoms with Gasteiger partial charge in [0.25, 0.3) is 0 Å². The quantitative estimate of drug-likeness (QED) is 0.781. The first-order valence-corrected chi connectivity index (χ1v) is 5.12. The van der Waals surface area contributed by atoms with E-state index in [9.17, 15) is 0 Å². The molecule has 0 bridgehead atoms. The van der Waals surface area contributed by atoms with Gasteiger partial charge in [0.2, 0.25) is 5.88 Å². The summed E-state index contributed by atoms with van der Waals surface area (Å²) >= 11 is 0. The van der Waals surface area contributed by atoms with Gasteiger partial charge < -0.3 is 10.5 Å². The van der Waals surface area contributed by atoms with Crippen molar-refractivity contribution in [1.82, 2.24) is 4.98 Å². The minimum Gasteiger partial charge on any atom is -0.437 e. The molecule has 0 aliphatic carbocycles. The second-order valence-corrected chi connectivity index (χ2v) is 3.82. The second-order valence-electron chi connectivity index (χ2n) is 3.82. The van der Waals surface area contributed by atoms with E-state index < -0.39 is 0 Å². The SMILES string of the molecule is Cc1ccc(Oc2cc(C)ccc2N)nc1. The van der Waals surface area contributed by atoms with Gasteiger partial charge in [-0.1, -0.05) is 12.1 Å². The number of hydrogen-bond donors (Lipinski definition) is 1. The molecular formula is C13H14N2O. The third-order valence-corrected chi connectivity index (χ3v) is 2.27. The van der Waals surface area contributed by atoms with Gasteiger partial charge in [-0.15, -0.1) is 0 Å². The number of nitrogens with two attached hydrogens (primary N) is 1. The maximum absolute atomic E-state index is 5.81. The van der Waals surface area contributed by atoms with Gasteiger partial charge in [-0.25, -0.2) is 4.98 Å². The van der Waals surface area contributed by atoms with Crippen molar-refractivity contribution in [3.05, 3.63) is 47.7 Å². The summed E-state index contributed by atoms with van der Waals surface area (Å²) in [5.41, 5.74) is 8.64. The van der Waals surface area contributed by atoms with E-state index in [0.29, 0.717) is 17.3 Å². The van der Waals surface area contributed by atoms with E-state index in [4.69, 9.17) is 10.5 Å². The molecule has 2 N–H and O–H groups in total. The zero-order valence-corrected chi connectivity index (χ0v) is 9.40. The summed E-state index contributed by atoms with van der Waals surface area (Å²) in [6.45, 7) is 3.98. The fraction of sp³-hybridized carbons (Fsp3) is 0.154. The Bertz CT molecular complexity index is 492. The summed E-state index contributed by atoms with van der Waals surface area (Å²) in [5.74, 6) is 1.21. The predicted octanol–water partition coefficient (Wildman–Crippen LogP) is 3.07. The number of aromatic nitrogens is 1. The number of aryl methyl sites for hydroxylation is 2. The molecule has 0 saturated heterocycles. The molecule has 1 aromatic heterocycles. The molecule has 1 heterocycles. The molecule has 0 radical (unpaired) electrons. The van der Waals surface area contributed by atoms with Gasteiger partial charge in [0.15, 0.2) is 5.75 Å². The van der Waals surface area contributed by atoms with Crippen molar-refractivity contribution in [3.63, 3.8) is 0 Å². The third kappa shape index (κ3) is 2.31. The van der Waals surface area contributed by atoms with Crippen molar-refractivity contribution in [2.75, 3.05) is 5.73 Å². The van der Waals surface area contributed by atoms with Gasteiger partial charge in [-0.2, -0.15) is 0 Å². The zero-order valence-electron chi connectivity index (χ0n) is 9.40. The van der Waals surface area contributed by atoms with Crippen LogP contribution in [0.2, 0.25) is 0 Å². The maximum Gasteiger partial charge on any atom is 0.219 e. The number of benzene rings is 1. The first-order valence-electron chi connectivity index (χ1n) is 5.12. The molecule has 0 aliphatic heterocycles. The molecule has 0 saturated carbocycles. The van der Waals surface area contributed by atoms with E-state index >= 15 is 0 Å². The summed E-state index contributed by atoms with van der Waals surface area (Å²) < 4.78 is 5.61. The molecule has 0 fully saturated rings. The fourth-order valence-corrected chi connectivity index (χ4v) is 1.36. The van der Waals surface area contributed by atoms with Crippen molar-refractivity contribution < 1.29 is 4.74 Å². The molecule has 1 aromatic carbocycles. The Balaban J connectivity index is 2.26. The van der Waals surface area contributed by atoms with Crippen LogP contribution in [0.15, 0.2) is 36.5 Å². The van der Waals surface area contributed by atoms with Crippen molar-refractivity contribution in [2.45, 2.75) is 13.8 Å². The average Bonchev–Trinajstić information content (AvgIpc) is 2.27. The lowest BCUT2D eigenvalue weighted by atomic mass is 10.2. The number of anilines is 1. The van der Waals surface area contributed by atoms with Crippen LogP contribution in [-0.2, 0) is 0 Å². The van der Waals surface area contributed by atoms with Gasteiger partial charge in [-0.3, -0.25) is 0 Å². The van der Waals surface area contributed by atoms with Gasteiger partial charge in [0, 0.05) is 12.3 Å². The molecule has 3 heteroatoms. The Hall–Kier alpha value is -2.03. The van der Waals surface area contributed by atoms with Crippen molar-refractivity contribution >= 4 is 5.69 Å². The molecule has 2 rings (SSSR count). The van der Waals surface area contributed by atoms with Crippen molar-refractivity contribution in [2.24, 2.45) is 0 Å². The maximum atomic E-state index is 5.81. The van der Waals surface area contributed by atoms with Crippen LogP contribution in [0, 0.1) is 13.8 Å². The minimum absolute atomic E-state index is 0.558.